The molecule has 0 saturated heterocycles. The van der Waals surface area contributed by atoms with Gasteiger partial charge in [-0.25, -0.2) is 0 Å². The van der Waals surface area contributed by atoms with E-state index in [0.717, 1.165) is 16.9 Å². The van der Waals surface area contributed by atoms with E-state index in [1.165, 1.54) is 0 Å². The lowest BCUT2D eigenvalue weighted by atomic mass is 9.84. The highest BCUT2D eigenvalue weighted by Crippen LogP contribution is 2.37. The molecule has 1 aromatic carbocycles. The predicted molar refractivity (Wildman–Crippen MR) is 62.1 cm³/mol. The standard InChI is InChI=1S/C13H20O2/c1-9-6-7-10(11(8-9)15-5)12(14)13(2,3)4/h6-8,12,14H,1-5H3. The molecular formula is C13H20O2. The lowest BCUT2D eigenvalue weighted by Crippen LogP contribution is -2.18. The summed E-state index contributed by atoms with van der Waals surface area (Å²) in [6.45, 7) is 8.04. The molecule has 15 heavy (non-hydrogen) atoms. The molecule has 0 bridgehead atoms. The fraction of sp³-hybridized carbons (Fsp3) is 0.538. The number of aliphatic hydroxyl groups is 1. The molecule has 2 nitrogen and oxygen atoms in total. The van der Waals surface area contributed by atoms with Crippen molar-refractivity contribution in [2.75, 3.05) is 7.11 Å². The minimum Gasteiger partial charge on any atom is -0.496 e. The molecule has 0 saturated carbocycles. The molecule has 1 aromatic rings. The van der Waals surface area contributed by atoms with Crippen molar-refractivity contribution in [2.45, 2.75) is 33.8 Å². The molecule has 0 heterocycles. The second kappa shape index (κ2) is 4.23. The van der Waals surface area contributed by atoms with Crippen molar-refractivity contribution in [1.82, 2.24) is 0 Å². The molecule has 0 fully saturated rings. The van der Waals surface area contributed by atoms with Crippen LogP contribution in [0, 0.1) is 12.3 Å². The third-order valence-electron chi connectivity index (χ3n) is 2.50. The van der Waals surface area contributed by atoms with E-state index in [4.69, 9.17) is 4.74 Å². The maximum Gasteiger partial charge on any atom is 0.124 e. The Morgan fingerprint density at radius 3 is 2.33 bits per heavy atom. The van der Waals surface area contributed by atoms with Crippen LogP contribution in [0.15, 0.2) is 18.2 Å². The molecule has 1 N–H and O–H groups in total. The monoisotopic (exact) mass is 208 g/mol. The Kier molecular flexibility index (Phi) is 3.40. The number of aliphatic hydroxyl groups excluding tert-OH is 1. The second-order valence-electron chi connectivity index (χ2n) is 5.01. The molecular weight excluding hydrogens is 188 g/mol. The first-order valence-electron chi connectivity index (χ1n) is 5.19. The maximum absolute atomic E-state index is 10.2. The van der Waals surface area contributed by atoms with Crippen molar-refractivity contribution in [3.8, 4) is 5.75 Å². The van der Waals surface area contributed by atoms with E-state index in [0.29, 0.717) is 0 Å². The van der Waals surface area contributed by atoms with E-state index in [1.807, 2.05) is 45.9 Å². The van der Waals surface area contributed by atoms with Gasteiger partial charge in [0.25, 0.3) is 0 Å². The van der Waals surface area contributed by atoms with Crippen molar-refractivity contribution in [3.05, 3.63) is 29.3 Å². The number of ether oxygens (including phenoxy) is 1. The van der Waals surface area contributed by atoms with Gasteiger partial charge in [-0.05, 0) is 24.0 Å². The SMILES string of the molecule is COc1cc(C)ccc1C(O)C(C)(C)C. The molecule has 0 spiro atoms. The zero-order valence-electron chi connectivity index (χ0n) is 10.2. The number of methoxy groups -OCH3 is 1. The van der Waals surface area contributed by atoms with E-state index >= 15 is 0 Å². The Hall–Kier alpha value is -1.02. The van der Waals surface area contributed by atoms with Crippen LogP contribution in [-0.2, 0) is 0 Å². The molecule has 0 aromatic heterocycles. The van der Waals surface area contributed by atoms with Crippen LogP contribution in [0.2, 0.25) is 0 Å². The Morgan fingerprint density at radius 1 is 1.27 bits per heavy atom. The van der Waals surface area contributed by atoms with Gasteiger partial charge in [0.05, 0.1) is 13.2 Å². The molecule has 0 aliphatic heterocycles. The topological polar surface area (TPSA) is 29.5 Å². The number of hydrogen-bond acceptors (Lipinski definition) is 2. The largest absolute Gasteiger partial charge is 0.496 e. The third-order valence-corrected chi connectivity index (χ3v) is 2.50. The highest BCUT2D eigenvalue weighted by atomic mass is 16.5. The van der Waals surface area contributed by atoms with Gasteiger partial charge in [0, 0.05) is 5.56 Å². The Labute approximate surface area is 91.9 Å². The van der Waals surface area contributed by atoms with Gasteiger partial charge >= 0.3 is 0 Å². The van der Waals surface area contributed by atoms with Crippen LogP contribution in [0.4, 0.5) is 0 Å². The van der Waals surface area contributed by atoms with Gasteiger partial charge in [-0.2, -0.15) is 0 Å². The van der Waals surface area contributed by atoms with Crippen LogP contribution >= 0.6 is 0 Å². The molecule has 2 heteroatoms. The summed E-state index contributed by atoms with van der Waals surface area (Å²) >= 11 is 0. The van der Waals surface area contributed by atoms with Crippen LogP contribution < -0.4 is 4.74 Å². The molecule has 0 radical (unpaired) electrons. The summed E-state index contributed by atoms with van der Waals surface area (Å²) in [4.78, 5) is 0. The third kappa shape index (κ3) is 2.72. The van der Waals surface area contributed by atoms with Gasteiger partial charge in [-0.15, -0.1) is 0 Å². The summed E-state index contributed by atoms with van der Waals surface area (Å²) in [7, 11) is 1.63. The first kappa shape index (κ1) is 12.1. The van der Waals surface area contributed by atoms with Crippen molar-refractivity contribution in [2.24, 2.45) is 5.41 Å². The summed E-state index contributed by atoms with van der Waals surface area (Å²) < 4.78 is 5.28. The molecule has 0 aliphatic carbocycles. The average molecular weight is 208 g/mol. The zero-order valence-corrected chi connectivity index (χ0v) is 10.2. The van der Waals surface area contributed by atoms with Gasteiger partial charge in [0.1, 0.15) is 5.75 Å². The summed E-state index contributed by atoms with van der Waals surface area (Å²) in [6, 6.07) is 5.88. The lowest BCUT2D eigenvalue weighted by Gasteiger charge is -2.27. The number of aryl methyl sites for hydroxylation is 1. The predicted octanol–water partition coefficient (Wildman–Crippen LogP) is 3.08. The van der Waals surface area contributed by atoms with Crippen molar-refractivity contribution in [1.29, 1.82) is 0 Å². The van der Waals surface area contributed by atoms with E-state index in [1.54, 1.807) is 7.11 Å². The van der Waals surface area contributed by atoms with Crippen LogP contribution in [-0.4, -0.2) is 12.2 Å². The summed E-state index contributed by atoms with van der Waals surface area (Å²) in [6.07, 6.45) is -0.506. The maximum atomic E-state index is 10.2. The highest BCUT2D eigenvalue weighted by molar-refractivity contribution is 5.39. The first-order valence-corrected chi connectivity index (χ1v) is 5.19. The van der Waals surface area contributed by atoms with Crippen LogP contribution in [0.25, 0.3) is 0 Å². The molecule has 1 rings (SSSR count). The number of hydrogen-bond donors (Lipinski definition) is 1. The van der Waals surface area contributed by atoms with E-state index in [2.05, 4.69) is 0 Å². The summed E-state index contributed by atoms with van der Waals surface area (Å²) in [5.41, 5.74) is 1.81. The van der Waals surface area contributed by atoms with E-state index < -0.39 is 6.10 Å². The lowest BCUT2D eigenvalue weighted by molar-refractivity contribution is 0.0604. The van der Waals surface area contributed by atoms with Crippen LogP contribution in [0.1, 0.15) is 38.0 Å². The molecule has 1 atom stereocenters. The fourth-order valence-corrected chi connectivity index (χ4v) is 1.51. The Balaban J connectivity index is 3.14. The van der Waals surface area contributed by atoms with E-state index in [9.17, 15) is 5.11 Å². The summed E-state index contributed by atoms with van der Waals surface area (Å²) in [5.74, 6) is 0.762. The quantitative estimate of drug-likeness (QED) is 0.809. The molecule has 1 unspecified atom stereocenters. The minimum absolute atomic E-state index is 0.178. The van der Waals surface area contributed by atoms with Crippen LogP contribution in [0.5, 0.6) is 5.75 Å². The molecule has 84 valence electrons. The zero-order chi connectivity index (χ0) is 11.6. The Bertz CT molecular complexity index is 337. The van der Waals surface area contributed by atoms with Gasteiger partial charge in [0.2, 0.25) is 0 Å². The Morgan fingerprint density at radius 2 is 1.87 bits per heavy atom. The highest BCUT2D eigenvalue weighted by Gasteiger charge is 2.26. The smallest absolute Gasteiger partial charge is 0.124 e. The van der Waals surface area contributed by atoms with Crippen LogP contribution in [0.3, 0.4) is 0 Å². The molecule has 0 amide bonds. The van der Waals surface area contributed by atoms with E-state index in [-0.39, 0.29) is 5.41 Å². The fourth-order valence-electron chi connectivity index (χ4n) is 1.51. The van der Waals surface area contributed by atoms with Crippen molar-refractivity contribution < 1.29 is 9.84 Å². The average Bonchev–Trinajstić information content (AvgIpc) is 2.15. The van der Waals surface area contributed by atoms with Gasteiger partial charge in [-0.1, -0.05) is 32.9 Å². The number of benzene rings is 1. The minimum atomic E-state index is -0.506. The number of rotatable bonds is 2. The van der Waals surface area contributed by atoms with Crippen molar-refractivity contribution in [3.63, 3.8) is 0 Å². The van der Waals surface area contributed by atoms with Gasteiger partial charge < -0.3 is 9.84 Å². The van der Waals surface area contributed by atoms with Gasteiger partial charge in [-0.3, -0.25) is 0 Å². The van der Waals surface area contributed by atoms with Gasteiger partial charge in [0.15, 0.2) is 0 Å². The van der Waals surface area contributed by atoms with Crippen molar-refractivity contribution >= 4 is 0 Å². The summed E-state index contributed by atoms with van der Waals surface area (Å²) in [5, 5.41) is 10.2. The second-order valence-corrected chi connectivity index (χ2v) is 5.01. The molecule has 0 aliphatic rings. The normalized spacial score (nSPS) is 13.7. The first-order chi connectivity index (χ1) is 6.86.